The average molecular weight is 431 g/mol. The van der Waals surface area contributed by atoms with Crippen LogP contribution in [0, 0.1) is 5.92 Å². The summed E-state index contributed by atoms with van der Waals surface area (Å²) >= 11 is 1.33. The van der Waals surface area contributed by atoms with Crippen molar-refractivity contribution >= 4 is 28.3 Å². The van der Waals surface area contributed by atoms with E-state index >= 15 is 0 Å². The first-order valence-electron chi connectivity index (χ1n) is 11.0. The predicted octanol–water partition coefficient (Wildman–Crippen LogP) is 5.43. The van der Waals surface area contributed by atoms with Gasteiger partial charge < -0.3 is 5.32 Å². The Hall–Kier alpha value is -2.28. The Bertz CT molecular complexity index is 779. The molecule has 6 nitrogen and oxygen atoms in total. The van der Waals surface area contributed by atoms with Gasteiger partial charge in [0.15, 0.2) is 0 Å². The van der Waals surface area contributed by atoms with Crippen molar-refractivity contribution in [1.29, 1.82) is 0 Å². The van der Waals surface area contributed by atoms with E-state index in [4.69, 9.17) is 0 Å². The molecule has 1 aromatic carbocycles. The third-order valence-corrected chi connectivity index (χ3v) is 6.13. The number of anilines is 1. The molecule has 0 saturated heterocycles. The molecule has 1 aromatic heterocycles. The van der Waals surface area contributed by atoms with E-state index in [0.29, 0.717) is 11.6 Å². The quantitative estimate of drug-likeness (QED) is 0.415. The summed E-state index contributed by atoms with van der Waals surface area (Å²) in [6.45, 7) is 6.19. The average Bonchev–Trinajstić information content (AvgIpc) is 3.23. The maximum Gasteiger partial charge on any atom is 0.249 e. The van der Waals surface area contributed by atoms with Gasteiger partial charge in [0.2, 0.25) is 16.9 Å². The minimum absolute atomic E-state index is 0.0278. The van der Waals surface area contributed by atoms with Gasteiger partial charge in [-0.05, 0) is 12.3 Å². The summed E-state index contributed by atoms with van der Waals surface area (Å²) in [6, 6.07) is 9.15. The van der Waals surface area contributed by atoms with E-state index < -0.39 is 6.04 Å². The van der Waals surface area contributed by atoms with Crippen LogP contribution in [-0.2, 0) is 9.59 Å². The number of nitrogens with one attached hydrogen (secondary N) is 2. The van der Waals surface area contributed by atoms with Gasteiger partial charge in [0.05, 0.1) is 0 Å². The van der Waals surface area contributed by atoms with E-state index in [9.17, 15) is 9.59 Å². The maximum absolute atomic E-state index is 12.9. The van der Waals surface area contributed by atoms with Crippen molar-refractivity contribution in [2.75, 3.05) is 5.32 Å². The van der Waals surface area contributed by atoms with Crippen molar-refractivity contribution in [3.8, 4) is 10.6 Å². The Morgan fingerprint density at radius 1 is 1.00 bits per heavy atom. The number of carbonyl (C=O) groups is 2. The molecule has 0 aliphatic heterocycles. The second-order valence-corrected chi connectivity index (χ2v) is 8.69. The van der Waals surface area contributed by atoms with Crippen molar-refractivity contribution in [2.45, 2.75) is 78.2 Å². The van der Waals surface area contributed by atoms with Gasteiger partial charge in [0.1, 0.15) is 11.0 Å². The van der Waals surface area contributed by atoms with Crippen LogP contribution in [-0.4, -0.2) is 28.1 Å². The third kappa shape index (κ3) is 7.86. The largest absolute Gasteiger partial charge is 0.344 e. The number of carbonyl (C=O) groups excluding carboxylic acids is 2. The fourth-order valence-corrected chi connectivity index (χ4v) is 3.92. The van der Waals surface area contributed by atoms with E-state index in [1.54, 1.807) is 0 Å². The summed E-state index contributed by atoms with van der Waals surface area (Å²) in [5.41, 5.74) is 0.959. The Morgan fingerprint density at radius 2 is 1.70 bits per heavy atom. The Kier molecular flexibility index (Phi) is 10.5. The van der Waals surface area contributed by atoms with Crippen LogP contribution in [0.3, 0.4) is 0 Å². The molecule has 164 valence electrons. The molecule has 0 saturated carbocycles. The first-order chi connectivity index (χ1) is 14.5. The van der Waals surface area contributed by atoms with Crippen molar-refractivity contribution in [3.05, 3.63) is 30.3 Å². The van der Waals surface area contributed by atoms with Gasteiger partial charge >= 0.3 is 0 Å². The lowest BCUT2D eigenvalue weighted by molar-refractivity contribution is -0.127. The molecule has 7 heteroatoms. The van der Waals surface area contributed by atoms with Crippen LogP contribution in [0.5, 0.6) is 0 Å². The summed E-state index contributed by atoms with van der Waals surface area (Å²) in [5.74, 6) is -0.274. The van der Waals surface area contributed by atoms with Gasteiger partial charge in [0.25, 0.3) is 0 Å². The van der Waals surface area contributed by atoms with E-state index in [1.807, 2.05) is 44.2 Å². The highest BCUT2D eigenvalue weighted by Gasteiger charge is 2.26. The lowest BCUT2D eigenvalue weighted by Crippen LogP contribution is -2.47. The molecule has 2 amide bonds. The number of unbranched alkanes of at least 4 members (excludes halogenated alkanes) is 5. The van der Waals surface area contributed by atoms with Crippen LogP contribution in [0.25, 0.3) is 10.6 Å². The minimum Gasteiger partial charge on any atom is -0.344 e. The molecule has 2 unspecified atom stereocenters. The SMILES string of the molecule is CCCCCCCCC(=O)NC(C(=O)Nc1nnc(-c2ccccc2)s1)C(C)CC. The highest BCUT2D eigenvalue weighted by atomic mass is 32.1. The zero-order valence-corrected chi connectivity index (χ0v) is 19.1. The predicted molar refractivity (Wildman–Crippen MR) is 123 cm³/mol. The first kappa shape index (κ1) is 24.0. The summed E-state index contributed by atoms with van der Waals surface area (Å²) in [6.07, 6.45) is 8.03. The lowest BCUT2D eigenvalue weighted by atomic mass is 9.98. The van der Waals surface area contributed by atoms with Crippen LogP contribution in [0.2, 0.25) is 0 Å². The van der Waals surface area contributed by atoms with E-state index in [-0.39, 0.29) is 17.7 Å². The molecule has 0 radical (unpaired) electrons. The van der Waals surface area contributed by atoms with Crippen LogP contribution in [0.15, 0.2) is 30.3 Å². The number of rotatable bonds is 13. The molecule has 0 aliphatic carbocycles. The van der Waals surface area contributed by atoms with Gasteiger partial charge in [-0.1, -0.05) is 101 Å². The summed E-state index contributed by atoms with van der Waals surface area (Å²) < 4.78 is 0. The number of aromatic nitrogens is 2. The van der Waals surface area contributed by atoms with E-state index in [1.165, 1.54) is 30.6 Å². The van der Waals surface area contributed by atoms with Gasteiger partial charge in [-0.15, -0.1) is 10.2 Å². The number of benzene rings is 1. The topological polar surface area (TPSA) is 84.0 Å². The lowest BCUT2D eigenvalue weighted by Gasteiger charge is -2.23. The summed E-state index contributed by atoms with van der Waals surface area (Å²) in [4.78, 5) is 25.2. The molecular weight excluding hydrogens is 396 g/mol. The minimum atomic E-state index is -0.577. The molecular formula is C23H34N4O2S. The Labute approximate surface area is 183 Å². The monoisotopic (exact) mass is 430 g/mol. The molecule has 0 bridgehead atoms. The van der Waals surface area contributed by atoms with Crippen LogP contribution < -0.4 is 10.6 Å². The molecule has 2 N–H and O–H groups in total. The van der Waals surface area contributed by atoms with Crippen LogP contribution >= 0.6 is 11.3 Å². The molecule has 0 aliphatic rings. The van der Waals surface area contributed by atoms with Gasteiger partial charge in [-0.25, -0.2) is 0 Å². The molecule has 0 fully saturated rings. The third-order valence-electron chi connectivity index (χ3n) is 5.25. The first-order valence-corrected chi connectivity index (χ1v) is 11.9. The van der Waals surface area contributed by atoms with Crippen LogP contribution in [0.1, 0.15) is 72.1 Å². The van der Waals surface area contributed by atoms with Gasteiger partial charge in [-0.3, -0.25) is 14.9 Å². The second-order valence-electron chi connectivity index (χ2n) is 7.72. The highest BCUT2D eigenvalue weighted by molar-refractivity contribution is 7.18. The molecule has 30 heavy (non-hydrogen) atoms. The second kappa shape index (κ2) is 13.1. The van der Waals surface area contributed by atoms with Crippen molar-refractivity contribution in [2.24, 2.45) is 5.92 Å². The van der Waals surface area contributed by atoms with Crippen molar-refractivity contribution < 1.29 is 9.59 Å². The van der Waals surface area contributed by atoms with Crippen LogP contribution in [0.4, 0.5) is 5.13 Å². The summed E-state index contributed by atoms with van der Waals surface area (Å²) in [7, 11) is 0. The number of amides is 2. The van der Waals surface area contributed by atoms with E-state index in [0.717, 1.165) is 36.3 Å². The van der Waals surface area contributed by atoms with Crippen molar-refractivity contribution in [1.82, 2.24) is 15.5 Å². The van der Waals surface area contributed by atoms with E-state index in [2.05, 4.69) is 27.8 Å². The van der Waals surface area contributed by atoms with Gasteiger partial charge in [0, 0.05) is 12.0 Å². The standard InChI is InChI=1S/C23H34N4O2S/c1-4-6-7-8-9-13-16-19(28)24-20(17(3)5-2)21(29)25-23-27-26-22(30-23)18-14-11-10-12-15-18/h10-12,14-15,17,20H,4-9,13,16H2,1-3H3,(H,24,28)(H,25,27,29). The van der Waals surface area contributed by atoms with Gasteiger partial charge in [-0.2, -0.15) is 0 Å². The molecule has 2 aromatic rings. The fourth-order valence-electron chi connectivity index (χ4n) is 3.17. The number of nitrogens with zero attached hydrogens (tertiary/aromatic N) is 2. The zero-order valence-electron chi connectivity index (χ0n) is 18.3. The smallest absolute Gasteiger partial charge is 0.249 e. The molecule has 1 heterocycles. The highest BCUT2D eigenvalue weighted by Crippen LogP contribution is 2.26. The molecule has 2 atom stereocenters. The zero-order chi connectivity index (χ0) is 21.8. The molecule has 2 rings (SSSR count). The Morgan fingerprint density at radius 3 is 2.40 bits per heavy atom. The molecule has 0 spiro atoms. The fraction of sp³-hybridized carbons (Fsp3) is 0.565. The normalized spacial score (nSPS) is 12.9. The maximum atomic E-state index is 12.9. The Balaban J connectivity index is 1.89. The van der Waals surface area contributed by atoms with Crippen molar-refractivity contribution in [3.63, 3.8) is 0 Å². The number of hydrogen-bond acceptors (Lipinski definition) is 5. The number of hydrogen-bond donors (Lipinski definition) is 2. The summed E-state index contributed by atoms with van der Waals surface area (Å²) in [5, 5.41) is 15.2.